The third-order valence-corrected chi connectivity index (χ3v) is 11.5. The average molecular weight is 1040 g/mol. The Kier molecular flexibility index (Phi) is 25.7. The van der Waals surface area contributed by atoms with Crippen LogP contribution in [0.1, 0.15) is 79.2 Å². The van der Waals surface area contributed by atoms with Crippen LogP contribution in [0.3, 0.4) is 0 Å². The number of aliphatic hydroxyl groups is 1. The molecule has 0 aliphatic heterocycles. The van der Waals surface area contributed by atoms with Gasteiger partial charge in [-0.05, 0) is 60.7 Å². The van der Waals surface area contributed by atoms with Gasteiger partial charge in [0.15, 0.2) is 0 Å². The van der Waals surface area contributed by atoms with Gasteiger partial charge in [-0.25, -0.2) is 4.79 Å². The number of hydrogen-bond donors (Lipinski definition) is 14. The molecule has 0 saturated heterocycles. The number of benzene rings is 1. The van der Waals surface area contributed by atoms with Crippen molar-refractivity contribution >= 4 is 87.8 Å². The number of aromatic amines is 1. The Hall–Kier alpha value is -6.80. The van der Waals surface area contributed by atoms with E-state index in [1.54, 1.807) is 72.0 Å². The number of para-hydroxylation sites is 1. The van der Waals surface area contributed by atoms with Crippen molar-refractivity contribution in [3.05, 3.63) is 36.0 Å². The number of fused-ring (bicyclic) bond motifs is 1. The molecule has 0 saturated carbocycles. The third-order valence-electron chi connectivity index (χ3n) is 10.9. The molecule has 26 heteroatoms. The fraction of sp³-hybridized carbons (Fsp3) is 0.587. The highest BCUT2D eigenvalue weighted by Crippen LogP contribution is 2.20. The lowest BCUT2D eigenvalue weighted by Crippen LogP contribution is -2.60. The SMILES string of the molecule is CSCC[C@H](N)C(=O)N[C@H](C(=O)N[C@@H](CC(=O)O)C(=O)NCC(=O)N[C@@H](CO)C(=O)N[C@@H](Cc1c[nH]c2ccccc12)C(=O)N[C@@H](CC(C)C)C(=O)N[C@@H](CC(=O)O)C(=O)N[C@@H](CC(C)C)C(=O)O)C(C)C. The van der Waals surface area contributed by atoms with Gasteiger partial charge in [0.1, 0.15) is 42.3 Å². The standard InChI is InChI=1S/C46H70N10O15S/c1-22(2)14-29(41(65)53-32(18-37(61)62)43(67)55-33(46(70)71)15-23(3)4)51-42(66)30(16-25-19-48-28-11-9-8-10-26(25)28)52-44(68)34(21-57)50-35(58)20-49-40(64)31(17-36(59)60)54-45(69)38(24(5)6)56-39(63)27(47)12-13-72-7/h8-11,19,22-24,27,29-34,38,48,57H,12-18,20-21,47H2,1-7H3,(H,49,64)(H,50,58)(H,51,66)(H,52,68)(H,53,65)(H,54,69)(H,55,67)(H,56,63)(H,59,60)(H,61,62)(H,70,71)/t27-,29-,30-,31-,32-,33-,34-,38-/m0/s1. The van der Waals surface area contributed by atoms with Crippen LogP contribution in [0, 0.1) is 17.8 Å². The van der Waals surface area contributed by atoms with Gasteiger partial charge in [-0.2, -0.15) is 11.8 Å². The number of nitrogens with one attached hydrogen (secondary N) is 9. The number of aliphatic hydroxyl groups excluding tert-OH is 1. The first-order valence-corrected chi connectivity index (χ1v) is 24.6. The number of carboxylic acid groups (broad SMARTS) is 3. The largest absolute Gasteiger partial charge is 0.481 e. The van der Waals surface area contributed by atoms with E-state index in [9.17, 15) is 73.2 Å². The summed E-state index contributed by atoms with van der Waals surface area (Å²) in [7, 11) is 0. The van der Waals surface area contributed by atoms with Gasteiger partial charge < -0.3 is 73.7 Å². The number of H-pyrrole nitrogens is 1. The number of carbonyl (C=O) groups excluding carboxylic acids is 8. The fourth-order valence-corrected chi connectivity index (χ4v) is 7.63. The molecule has 0 fully saturated rings. The Morgan fingerprint density at radius 1 is 0.611 bits per heavy atom. The minimum Gasteiger partial charge on any atom is -0.481 e. The van der Waals surface area contributed by atoms with Crippen LogP contribution in [0.4, 0.5) is 0 Å². The molecule has 0 radical (unpaired) electrons. The van der Waals surface area contributed by atoms with E-state index < -0.39 is 145 Å². The Bertz CT molecular complexity index is 2240. The van der Waals surface area contributed by atoms with Crippen molar-refractivity contribution in [2.24, 2.45) is 23.5 Å². The number of hydrogen-bond acceptors (Lipinski definition) is 14. The van der Waals surface area contributed by atoms with Gasteiger partial charge >= 0.3 is 17.9 Å². The summed E-state index contributed by atoms with van der Waals surface area (Å²) in [5, 5.41) is 58.5. The highest BCUT2D eigenvalue weighted by molar-refractivity contribution is 7.98. The molecule has 0 aliphatic rings. The number of amides is 8. The first-order chi connectivity index (χ1) is 33.8. The number of carbonyl (C=O) groups is 11. The molecule has 72 heavy (non-hydrogen) atoms. The van der Waals surface area contributed by atoms with Crippen LogP contribution < -0.4 is 48.3 Å². The number of nitrogens with two attached hydrogens (primary N) is 1. The number of thioether (sulfide) groups is 1. The van der Waals surface area contributed by atoms with Gasteiger partial charge in [0.25, 0.3) is 0 Å². The van der Waals surface area contributed by atoms with E-state index in [0.29, 0.717) is 28.6 Å². The molecule has 0 aliphatic carbocycles. The normalized spacial score (nSPS) is 14.6. The van der Waals surface area contributed by atoms with Gasteiger partial charge in [-0.3, -0.25) is 47.9 Å². The average Bonchev–Trinajstić information content (AvgIpc) is 3.70. The summed E-state index contributed by atoms with van der Waals surface area (Å²) < 4.78 is 0. The van der Waals surface area contributed by atoms with Gasteiger partial charge in [-0.15, -0.1) is 0 Å². The number of carboxylic acids is 3. The van der Waals surface area contributed by atoms with Crippen molar-refractivity contribution < 1.29 is 73.2 Å². The first-order valence-electron chi connectivity index (χ1n) is 23.2. The zero-order valence-corrected chi connectivity index (χ0v) is 42.2. The van der Waals surface area contributed by atoms with Crippen LogP contribution in [-0.4, -0.2) is 164 Å². The zero-order chi connectivity index (χ0) is 54.4. The maximum absolute atomic E-state index is 14.2. The highest BCUT2D eigenvalue weighted by Gasteiger charge is 2.35. The summed E-state index contributed by atoms with van der Waals surface area (Å²) in [6.07, 6.45) is 1.52. The quantitative estimate of drug-likeness (QED) is 0.0380. The van der Waals surface area contributed by atoms with Crippen molar-refractivity contribution in [3.63, 3.8) is 0 Å². The Labute approximate surface area is 420 Å². The van der Waals surface area contributed by atoms with E-state index in [2.05, 4.69) is 47.5 Å². The lowest BCUT2D eigenvalue weighted by Gasteiger charge is -2.27. The predicted octanol–water partition coefficient (Wildman–Crippen LogP) is -1.92. The van der Waals surface area contributed by atoms with Crippen LogP contribution in [-0.2, 0) is 59.2 Å². The molecular weight excluding hydrogens is 965 g/mol. The molecule has 8 atom stereocenters. The van der Waals surface area contributed by atoms with Gasteiger partial charge in [0, 0.05) is 23.5 Å². The molecule has 0 unspecified atom stereocenters. The second-order valence-electron chi connectivity index (χ2n) is 18.3. The molecule has 0 bridgehead atoms. The van der Waals surface area contributed by atoms with Gasteiger partial charge in [0.2, 0.25) is 47.3 Å². The minimum atomic E-state index is -1.77. The van der Waals surface area contributed by atoms with E-state index in [4.69, 9.17) is 5.73 Å². The fourth-order valence-electron chi connectivity index (χ4n) is 7.15. The van der Waals surface area contributed by atoms with E-state index >= 15 is 0 Å². The van der Waals surface area contributed by atoms with Crippen molar-refractivity contribution in [2.45, 2.75) is 128 Å². The maximum atomic E-state index is 14.2. The summed E-state index contributed by atoms with van der Waals surface area (Å²) >= 11 is 1.46. The predicted molar refractivity (Wildman–Crippen MR) is 262 cm³/mol. The van der Waals surface area contributed by atoms with Crippen LogP contribution >= 0.6 is 11.8 Å². The van der Waals surface area contributed by atoms with Gasteiger partial charge in [-0.1, -0.05) is 59.7 Å². The molecule has 2 rings (SSSR count). The molecule has 0 spiro atoms. The number of aliphatic carboxylic acids is 3. The van der Waals surface area contributed by atoms with Crippen LogP contribution in [0.5, 0.6) is 0 Å². The topological polar surface area (TPSA) is 407 Å². The van der Waals surface area contributed by atoms with Crippen LogP contribution in [0.15, 0.2) is 30.5 Å². The number of rotatable bonds is 32. The molecule has 15 N–H and O–H groups in total. The number of aromatic nitrogens is 1. The van der Waals surface area contributed by atoms with Gasteiger partial charge in [0.05, 0.1) is 32.0 Å². The minimum absolute atomic E-state index is 0.00369. The van der Waals surface area contributed by atoms with E-state index in [-0.39, 0.29) is 31.1 Å². The van der Waals surface area contributed by atoms with Crippen molar-refractivity contribution in [3.8, 4) is 0 Å². The molecule has 400 valence electrons. The molecule has 8 amide bonds. The maximum Gasteiger partial charge on any atom is 0.326 e. The summed E-state index contributed by atoms with van der Waals surface area (Å²) in [4.78, 5) is 146. The zero-order valence-electron chi connectivity index (χ0n) is 41.4. The Morgan fingerprint density at radius 3 is 1.67 bits per heavy atom. The van der Waals surface area contributed by atoms with Crippen molar-refractivity contribution in [1.29, 1.82) is 0 Å². The van der Waals surface area contributed by atoms with Crippen LogP contribution in [0.2, 0.25) is 0 Å². The second kappa shape index (κ2) is 30.2. The lowest BCUT2D eigenvalue weighted by molar-refractivity contribution is -0.144. The summed E-state index contributed by atoms with van der Waals surface area (Å²) in [6, 6.07) is -4.88. The highest BCUT2D eigenvalue weighted by atomic mass is 32.2. The third kappa shape index (κ3) is 20.9. The van der Waals surface area contributed by atoms with Crippen molar-refractivity contribution in [1.82, 2.24) is 47.5 Å². The molecule has 25 nitrogen and oxygen atoms in total. The molecule has 1 aromatic heterocycles. The monoisotopic (exact) mass is 1030 g/mol. The summed E-state index contributed by atoms with van der Waals surface area (Å²) in [5.41, 5.74) is 7.11. The van der Waals surface area contributed by atoms with E-state index in [0.717, 1.165) is 0 Å². The van der Waals surface area contributed by atoms with Crippen LogP contribution in [0.25, 0.3) is 10.9 Å². The van der Waals surface area contributed by atoms with Crippen molar-refractivity contribution in [2.75, 3.05) is 25.2 Å². The van der Waals surface area contributed by atoms with E-state index in [1.807, 2.05) is 6.26 Å². The molecular formula is C46H70N10O15S. The molecule has 1 aromatic carbocycles. The second-order valence-corrected chi connectivity index (χ2v) is 19.3. The lowest BCUT2D eigenvalue weighted by atomic mass is 10.00. The van der Waals surface area contributed by atoms with E-state index in [1.165, 1.54) is 11.8 Å². The summed E-state index contributed by atoms with van der Waals surface area (Å²) in [5.74, 6) is -12.7. The smallest absolute Gasteiger partial charge is 0.326 e. The summed E-state index contributed by atoms with van der Waals surface area (Å²) in [6.45, 7) is 8.10. The molecule has 2 aromatic rings. The Balaban J connectivity index is 2.33. The Morgan fingerprint density at radius 2 is 1.11 bits per heavy atom. The first kappa shape index (κ1) is 61.3. The molecule has 1 heterocycles.